The Kier molecular flexibility index (Phi) is 4.62. The van der Waals surface area contributed by atoms with Crippen molar-refractivity contribution in [3.8, 4) is 0 Å². The molecule has 23 heavy (non-hydrogen) atoms. The third kappa shape index (κ3) is 3.86. The third-order valence-corrected chi connectivity index (χ3v) is 7.11. The molecule has 0 heterocycles. The summed E-state index contributed by atoms with van der Waals surface area (Å²) in [5.41, 5.74) is 0.518. The average Bonchev–Trinajstić information content (AvgIpc) is 3.21. The quantitative estimate of drug-likeness (QED) is 0.866. The summed E-state index contributed by atoms with van der Waals surface area (Å²) >= 11 is 0. The second-order valence-corrected chi connectivity index (χ2v) is 8.93. The Morgan fingerprint density at radius 1 is 1.17 bits per heavy atom. The monoisotopic (exact) mass is 336 g/mol. The normalized spacial score (nSPS) is 20.2. The summed E-state index contributed by atoms with van der Waals surface area (Å²) < 4.78 is 25.2. The van der Waals surface area contributed by atoms with Crippen molar-refractivity contribution in [2.45, 2.75) is 61.6 Å². The number of anilines is 1. The highest BCUT2D eigenvalue weighted by molar-refractivity contribution is 7.92. The highest BCUT2D eigenvalue weighted by Crippen LogP contribution is 2.32. The van der Waals surface area contributed by atoms with E-state index in [1.165, 1.54) is 0 Å². The van der Waals surface area contributed by atoms with Crippen molar-refractivity contribution in [1.82, 2.24) is 5.32 Å². The minimum Gasteiger partial charge on any atom is -0.335 e. The lowest BCUT2D eigenvalue weighted by Gasteiger charge is -2.15. The zero-order valence-electron chi connectivity index (χ0n) is 13.4. The van der Waals surface area contributed by atoms with E-state index in [0.29, 0.717) is 16.5 Å². The summed E-state index contributed by atoms with van der Waals surface area (Å²) in [5.74, 6) is 0.579. The minimum atomic E-state index is -3.30. The fourth-order valence-electron chi connectivity index (χ4n) is 3.23. The lowest BCUT2D eigenvalue weighted by Crippen LogP contribution is -2.37. The van der Waals surface area contributed by atoms with Crippen LogP contribution in [0.3, 0.4) is 0 Å². The van der Waals surface area contributed by atoms with E-state index in [4.69, 9.17) is 0 Å². The Hall–Kier alpha value is -1.56. The van der Waals surface area contributed by atoms with Gasteiger partial charge in [-0.3, -0.25) is 0 Å². The van der Waals surface area contributed by atoms with Gasteiger partial charge in [0.05, 0.1) is 10.1 Å². The van der Waals surface area contributed by atoms with Gasteiger partial charge in [-0.2, -0.15) is 0 Å². The number of hydrogen-bond acceptors (Lipinski definition) is 3. The van der Waals surface area contributed by atoms with Gasteiger partial charge in [-0.1, -0.05) is 18.9 Å². The van der Waals surface area contributed by atoms with Gasteiger partial charge in [-0.15, -0.1) is 0 Å². The van der Waals surface area contributed by atoms with Crippen molar-refractivity contribution in [2.75, 3.05) is 5.32 Å². The molecule has 1 unspecified atom stereocenters. The number of carbonyl (C=O) groups excluding carboxylic acids is 1. The van der Waals surface area contributed by atoms with Crippen LogP contribution in [0.5, 0.6) is 0 Å². The Morgan fingerprint density at radius 2 is 1.87 bits per heavy atom. The van der Waals surface area contributed by atoms with Crippen molar-refractivity contribution in [2.24, 2.45) is 5.92 Å². The van der Waals surface area contributed by atoms with E-state index in [2.05, 4.69) is 10.6 Å². The summed E-state index contributed by atoms with van der Waals surface area (Å²) in [5, 5.41) is 5.37. The molecule has 5 nitrogen and oxygen atoms in total. The van der Waals surface area contributed by atoms with Crippen molar-refractivity contribution >= 4 is 21.6 Å². The van der Waals surface area contributed by atoms with Crippen LogP contribution >= 0.6 is 0 Å². The third-order valence-electron chi connectivity index (χ3n) is 4.85. The van der Waals surface area contributed by atoms with Gasteiger partial charge < -0.3 is 10.6 Å². The molecule has 0 saturated heterocycles. The lowest BCUT2D eigenvalue weighted by atomic mass is 10.2. The number of amides is 2. The molecular weight excluding hydrogens is 312 g/mol. The first-order chi connectivity index (χ1) is 11.0. The number of carbonyl (C=O) groups is 1. The summed E-state index contributed by atoms with van der Waals surface area (Å²) in [4.78, 5) is 12.3. The van der Waals surface area contributed by atoms with E-state index >= 15 is 0 Å². The fourth-order valence-corrected chi connectivity index (χ4v) is 5.13. The predicted molar refractivity (Wildman–Crippen MR) is 90.2 cm³/mol. The standard InChI is InChI=1S/C17H24N2O3S/c1-12(13-9-10-13)18-17(20)19-14-5-4-8-16(11-14)23(21,22)15-6-2-3-7-15/h4-5,8,11-13,15H,2-3,6-7,9-10H2,1H3,(H2,18,19,20). The summed E-state index contributed by atoms with van der Waals surface area (Å²) in [6.07, 6.45) is 5.75. The molecule has 2 N–H and O–H groups in total. The van der Waals surface area contributed by atoms with Crippen LogP contribution in [0.4, 0.5) is 10.5 Å². The lowest BCUT2D eigenvalue weighted by molar-refractivity contribution is 0.248. The van der Waals surface area contributed by atoms with E-state index in [1.54, 1.807) is 24.3 Å². The number of sulfone groups is 1. The molecule has 0 aromatic heterocycles. The molecule has 1 atom stereocenters. The van der Waals surface area contributed by atoms with E-state index in [-0.39, 0.29) is 17.3 Å². The summed E-state index contributed by atoms with van der Waals surface area (Å²) in [6.45, 7) is 2.00. The van der Waals surface area contributed by atoms with E-state index in [1.807, 2.05) is 6.92 Å². The van der Waals surface area contributed by atoms with Crippen LogP contribution in [0.2, 0.25) is 0 Å². The van der Waals surface area contributed by atoms with Gasteiger partial charge in [-0.05, 0) is 56.7 Å². The van der Waals surface area contributed by atoms with Gasteiger partial charge in [-0.25, -0.2) is 13.2 Å². The largest absolute Gasteiger partial charge is 0.335 e. The molecule has 3 rings (SSSR count). The maximum Gasteiger partial charge on any atom is 0.319 e. The van der Waals surface area contributed by atoms with Crippen LogP contribution < -0.4 is 10.6 Å². The van der Waals surface area contributed by atoms with Crippen molar-refractivity contribution in [3.63, 3.8) is 0 Å². The molecule has 0 aliphatic heterocycles. The number of urea groups is 1. The molecular formula is C17H24N2O3S. The fraction of sp³-hybridized carbons (Fsp3) is 0.588. The molecule has 6 heteroatoms. The molecule has 1 aromatic carbocycles. The van der Waals surface area contributed by atoms with E-state index in [0.717, 1.165) is 38.5 Å². The molecule has 1 aromatic rings. The molecule has 0 spiro atoms. The summed E-state index contributed by atoms with van der Waals surface area (Å²) in [7, 11) is -3.30. The number of nitrogens with one attached hydrogen (secondary N) is 2. The number of benzene rings is 1. The first-order valence-electron chi connectivity index (χ1n) is 8.38. The Bertz CT molecular complexity index is 677. The molecule has 0 bridgehead atoms. The van der Waals surface area contributed by atoms with Gasteiger partial charge in [0.25, 0.3) is 0 Å². The van der Waals surface area contributed by atoms with Crippen LogP contribution in [-0.4, -0.2) is 25.7 Å². The first kappa shape index (κ1) is 16.3. The van der Waals surface area contributed by atoms with Crippen LogP contribution in [0.15, 0.2) is 29.2 Å². The molecule has 2 aliphatic carbocycles. The maximum atomic E-state index is 12.6. The van der Waals surface area contributed by atoms with Crippen LogP contribution in [-0.2, 0) is 9.84 Å². The van der Waals surface area contributed by atoms with Gasteiger partial charge in [0.15, 0.2) is 9.84 Å². The van der Waals surface area contributed by atoms with Gasteiger partial charge >= 0.3 is 6.03 Å². The Balaban J connectivity index is 1.68. The van der Waals surface area contributed by atoms with E-state index < -0.39 is 9.84 Å². The molecule has 2 fully saturated rings. The van der Waals surface area contributed by atoms with Gasteiger partial charge in [0.1, 0.15) is 0 Å². The van der Waals surface area contributed by atoms with Gasteiger partial charge in [0.2, 0.25) is 0 Å². The second-order valence-electron chi connectivity index (χ2n) is 6.70. The maximum absolute atomic E-state index is 12.6. The van der Waals surface area contributed by atoms with Crippen LogP contribution in [0.25, 0.3) is 0 Å². The topological polar surface area (TPSA) is 75.3 Å². The Labute approximate surface area is 137 Å². The highest BCUT2D eigenvalue weighted by atomic mass is 32.2. The average molecular weight is 336 g/mol. The smallest absolute Gasteiger partial charge is 0.319 e. The molecule has 126 valence electrons. The van der Waals surface area contributed by atoms with Crippen molar-refractivity contribution in [1.29, 1.82) is 0 Å². The van der Waals surface area contributed by atoms with E-state index in [9.17, 15) is 13.2 Å². The number of hydrogen-bond donors (Lipinski definition) is 2. The first-order valence-corrected chi connectivity index (χ1v) is 9.93. The van der Waals surface area contributed by atoms with Crippen molar-refractivity contribution in [3.05, 3.63) is 24.3 Å². The van der Waals surface area contributed by atoms with Crippen LogP contribution in [0.1, 0.15) is 45.4 Å². The minimum absolute atomic E-state index is 0.153. The second kappa shape index (κ2) is 6.51. The molecule has 0 radical (unpaired) electrons. The summed E-state index contributed by atoms with van der Waals surface area (Å²) in [6, 6.07) is 6.45. The predicted octanol–water partition coefficient (Wildman–Crippen LogP) is 3.32. The molecule has 2 aliphatic rings. The number of rotatable bonds is 5. The SMILES string of the molecule is CC(NC(=O)Nc1cccc(S(=O)(=O)C2CCCC2)c1)C1CC1. The van der Waals surface area contributed by atoms with Crippen LogP contribution in [0, 0.1) is 5.92 Å². The zero-order valence-corrected chi connectivity index (χ0v) is 14.2. The molecule has 2 saturated carbocycles. The van der Waals surface area contributed by atoms with Gasteiger partial charge in [0, 0.05) is 11.7 Å². The van der Waals surface area contributed by atoms with Crippen molar-refractivity contribution < 1.29 is 13.2 Å². The zero-order chi connectivity index (χ0) is 16.4. The molecule has 2 amide bonds. The Morgan fingerprint density at radius 3 is 2.52 bits per heavy atom. The highest BCUT2D eigenvalue weighted by Gasteiger charge is 2.31.